The quantitative estimate of drug-likeness (QED) is 0.745. The van der Waals surface area contributed by atoms with Crippen LogP contribution < -0.4 is 16.0 Å². The van der Waals surface area contributed by atoms with Crippen LogP contribution in [0.4, 0.5) is 17.1 Å². The number of fused-ring (bicyclic) bond motifs is 1. The number of hydrogen-bond acceptors (Lipinski definition) is 2. The van der Waals surface area contributed by atoms with Crippen LogP contribution in [-0.4, -0.2) is 11.0 Å². The summed E-state index contributed by atoms with van der Waals surface area (Å²) in [6.07, 6.45) is 0.446. The van der Waals surface area contributed by atoms with Crippen molar-refractivity contribution in [2.75, 3.05) is 16.0 Å². The molecule has 0 saturated heterocycles. The van der Waals surface area contributed by atoms with Gasteiger partial charge in [-0.1, -0.05) is 23.8 Å². The first-order chi connectivity index (χ1) is 10.1. The van der Waals surface area contributed by atoms with E-state index in [1.165, 1.54) is 5.56 Å². The second-order valence-corrected chi connectivity index (χ2v) is 5.45. The zero-order chi connectivity index (χ0) is 14.8. The second-order valence-electron chi connectivity index (χ2n) is 5.04. The lowest BCUT2D eigenvalue weighted by molar-refractivity contribution is -0.115. The molecule has 5 heteroatoms. The second kappa shape index (κ2) is 5.54. The molecular formula is C16H15N3OS. The molecule has 0 spiro atoms. The summed E-state index contributed by atoms with van der Waals surface area (Å²) in [6, 6.07) is 13.7. The number of carbonyl (C=O) groups excluding carboxylic acids is 1. The molecule has 0 atom stereocenters. The molecule has 0 fully saturated rings. The van der Waals surface area contributed by atoms with Crippen molar-refractivity contribution in [3.8, 4) is 0 Å². The summed E-state index contributed by atoms with van der Waals surface area (Å²) in [5.74, 6) is 0.0301. The topological polar surface area (TPSA) is 53.2 Å². The van der Waals surface area contributed by atoms with Gasteiger partial charge in [0.05, 0.1) is 6.42 Å². The van der Waals surface area contributed by atoms with Crippen molar-refractivity contribution in [3.63, 3.8) is 0 Å². The fourth-order valence-corrected chi connectivity index (χ4v) is 2.46. The van der Waals surface area contributed by atoms with Gasteiger partial charge in [-0.25, -0.2) is 0 Å². The zero-order valence-corrected chi connectivity index (χ0v) is 12.4. The van der Waals surface area contributed by atoms with Gasteiger partial charge in [-0.3, -0.25) is 4.79 Å². The molecular weight excluding hydrogens is 282 g/mol. The van der Waals surface area contributed by atoms with Crippen molar-refractivity contribution in [1.82, 2.24) is 0 Å². The number of rotatable bonds is 2. The van der Waals surface area contributed by atoms with Gasteiger partial charge in [-0.2, -0.15) is 0 Å². The molecule has 0 aromatic heterocycles. The number of nitrogens with one attached hydrogen (secondary N) is 3. The lowest BCUT2D eigenvalue weighted by Crippen LogP contribution is -2.19. The lowest BCUT2D eigenvalue weighted by Gasteiger charge is -2.11. The van der Waals surface area contributed by atoms with Gasteiger partial charge in [0.25, 0.3) is 0 Å². The molecule has 3 N–H and O–H groups in total. The number of benzene rings is 2. The molecule has 0 unspecified atom stereocenters. The van der Waals surface area contributed by atoms with Gasteiger partial charge in [0.1, 0.15) is 0 Å². The van der Waals surface area contributed by atoms with Crippen LogP contribution >= 0.6 is 12.2 Å². The van der Waals surface area contributed by atoms with E-state index < -0.39 is 0 Å². The Hall–Kier alpha value is -2.40. The van der Waals surface area contributed by atoms with E-state index in [0.717, 1.165) is 22.6 Å². The summed E-state index contributed by atoms with van der Waals surface area (Å²) in [5, 5.41) is 9.59. The summed E-state index contributed by atoms with van der Waals surface area (Å²) in [4.78, 5) is 11.3. The highest BCUT2D eigenvalue weighted by Crippen LogP contribution is 2.26. The van der Waals surface area contributed by atoms with Crippen LogP contribution in [0.2, 0.25) is 0 Å². The van der Waals surface area contributed by atoms with E-state index in [1.54, 1.807) is 0 Å². The van der Waals surface area contributed by atoms with Gasteiger partial charge in [0.2, 0.25) is 5.91 Å². The standard InChI is InChI=1S/C16H15N3OS/c1-10-2-5-12(6-3-10)17-16(21)18-13-7-4-11-8-15(20)19-14(11)9-13/h2-7,9H,8H2,1H3,(H,19,20)(H2,17,18,21). The normalized spacial score (nSPS) is 12.5. The Bertz CT molecular complexity index is 710. The number of hydrogen-bond donors (Lipinski definition) is 3. The van der Waals surface area contributed by atoms with Gasteiger partial charge < -0.3 is 16.0 Å². The molecule has 0 aliphatic carbocycles. The smallest absolute Gasteiger partial charge is 0.228 e. The number of thiocarbonyl (C=S) groups is 1. The van der Waals surface area contributed by atoms with Gasteiger partial charge in [0, 0.05) is 17.1 Å². The van der Waals surface area contributed by atoms with E-state index in [2.05, 4.69) is 16.0 Å². The van der Waals surface area contributed by atoms with Crippen molar-refractivity contribution in [1.29, 1.82) is 0 Å². The van der Waals surface area contributed by atoms with Gasteiger partial charge >= 0.3 is 0 Å². The predicted molar refractivity (Wildman–Crippen MR) is 89.8 cm³/mol. The molecule has 1 amide bonds. The predicted octanol–water partition coefficient (Wildman–Crippen LogP) is 3.30. The average molecular weight is 297 g/mol. The van der Waals surface area contributed by atoms with E-state index in [0.29, 0.717) is 11.5 Å². The van der Waals surface area contributed by atoms with Gasteiger partial charge in [-0.15, -0.1) is 0 Å². The van der Waals surface area contributed by atoms with Crippen LogP contribution in [0.5, 0.6) is 0 Å². The van der Waals surface area contributed by atoms with E-state index in [-0.39, 0.29) is 5.91 Å². The third-order valence-corrected chi connectivity index (χ3v) is 3.51. The van der Waals surface area contributed by atoms with Crippen molar-refractivity contribution in [3.05, 3.63) is 53.6 Å². The summed E-state index contributed by atoms with van der Waals surface area (Å²) < 4.78 is 0. The molecule has 0 saturated carbocycles. The largest absolute Gasteiger partial charge is 0.332 e. The highest BCUT2D eigenvalue weighted by atomic mass is 32.1. The van der Waals surface area contributed by atoms with Crippen molar-refractivity contribution >= 4 is 40.3 Å². The molecule has 4 nitrogen and oxygen atoms in total. The molecule has 3 rings (SSSR count). The maximum absolute atomic E-state index is 11.3. The molecule has 1 aliphatic heterocycles. The lowest BCUT2D eigenvalue weighted by atomic mass is 10.1. The van der Waals surface area contributed by atoms with E-state index in [1.807, 2.05) is 49.4 Å². The molecule has 106 valence electrons. The zero-order valence-electron chi connectivity index (χ0n) is 11.6. The van der Waals surface area contributed by atoms with Gasteiger partial charge in [-0.05, 0) is 49.0 Å². The first kappa shape index (κ1) is 13.6. The third kappa shape index (κ3) is 3.20. The van der Waals surface area contributed by atoms with Crippen molar-refractivity contribution in [2.24, 2.45) is 0 Å². The Morgan fingerprint density at radius 2 is 1.76 bits per heavy atom. The highest BCUT2D eigenvalue weighted by Gasteiger charge is 2.17. The molecule has 0 radical (unpaired) electrons. The minimum atomic E-state index is 0.0301. The van der Waals surface area contributed by atoms with E-state index in [4.69, 9.17) is 12.2 Å². The molecule has 21 heavy (non-hydrogen) atoms. The number of anilines is 3. The minimum Gasteiger partial charge on any atom is -0.332 e. The fraction of sp³-hybridized carbons (Fsp3) is 0.125. The maximum atomic E-state index is 11.3. The Morgan fingerprint density at radius 1 is 1.10 bits per heavy atom. The van der Waals surface area contributed by atoms with Crippen molar-refractivity contribution < 1.29 is 4.79 Å². The SMILES string of the molecule is Cc1ccc(NC(=S)Nc2ccc3c(c2)NC(=O)C3)cc1. The van der Waals surface area contributed by atoms with E-state index >= 15 is 0 Å². The molecule has 2 aromatic rings. The minimum absolute atomic E-state index is 0.0301. The molecule has 1 aliphatic rings. The number of carbonyl (C=O) groups is 1. The van der Waals surface area contributed by atoms with Crippen LogP contribution in [-0.2, 0) is 11.2 Å². The highest BCUT2D eigenvalue weighted by molar-refractivity contribution is 7.80. The fourth-order valence-electron chi connectivity index (χ4n) is 2.22. The molecule has 2 aromatic carbocycles. The van der Waals surface area contributed by atoms with Crippen molar-refractivity contribution in [2.45, 2.75) is 13.3 Å². The molecule has 1 heterocycles. The maximum Gasteiger partial charge on any atom is 0.228 e. The number of amides is 1. The Morgan fingerprint density at radius 3 is 2.52 bits per heavy atom. The summed E-state index contributed by atoms with van der Waals surface area (Å²) in [7, 11) is 0. The van der Waals surface area contributed by atoms with Crippen LogP contribution in [0, 0.1) is 6.92 Å². The summed E-state index contributed by atoms with van der Waals surface area (Å²) >= 11 is 5.29. The average Bonchev–Trinajstić information content (AvgIpc) is 2.80. The van der Waals surface area contributed by atoms with Crippen LogP contribution in [0.15, 0.2) is 42.5 Å². The van der Waals surface area contributed by atoms with Gasteiger partial charge in [0.15, 0.2) is 5.11 Å². The molecule has 0 bridgehead atoms. The Balaban J connectivity index is 1.66. The first-order valence-corrected chi connectivity index (χ1v) is 7.08. The summed E-state index contributed by atoms with van der Waals surface area (Å²) in [6.45, 7) is 2.04. The van der Waals surface area contributed by atoms with Crippen LogP contribution in [0.1, 0.15) is 11.1 Å². The third-order valence-electron chi connectivity index (χ3n) is 3.30. The summed E-state index contributed by atoms with van der Waals surface area (Å²) in [5.41, 5.74) is 4.85. The van der Waals surface area contributed by atoms with Crippen LogP contribution in [0.25, 0.3) is 0 Å². The Kier molecular flexibility index (Phi) is 3.58. The Labute approximate surface area is 128 Å². The van der Waals surface area contributed by atoms with Crippen LogP contribution in [0.3, 0.4) is 0 Å². The number of aryl methyl sites for hydroxylation is 1. The first-order valence-electron chi connectivity index (χ1n) is 6.67. The monoisotopic (exact) mass is 297 g/mol. The van der Waals surface area contributed by atoms with E-state index in [9.17, 15) is 4.79 Å².